The summed E-state index contributed by atoms with van der Waals surface area (Å²) in [6.07, 6.45) is 5.15. The van der Waals surface area contributed by atoms with Crippen molar-refractivity contribution < 1.29 is 0 Å². The van der Waals surface area contributed by atoms with Crippen molar-refractivity contribution >= 4 is 0 Å². The fourth-order valence-electron chi connectivity index (χ4n) is 0.555. The molecule has 0 aliphatic rings. The van der Waals surface area contributed by atoms with E-state index in [2.05, 4.69) is 25.8 Å². The Bertz CT molecular complexity index is 125. The first-order chi connectivity index (χ1) is 4.31. The van der Waals surface area contributed by atoms with Crippen LogP contribution < -0.4 is 0 Å². The lowest BCUT2D eigenvalue weighted by molar-refractivity contribution is 0.915. The van der Waals surface area contributed by atoms with Crippen LogP contribution in [-0.4, -0.2) is 0 Å². The Morgan fingerprint density at radius 2 is 2.33 bits per heavy atom. The summed E-state index contributed by atoms with van der Waals surface area (Å²) in [5, 5.41) is 0. The van der Waals surface area contributed by atoms with E-state index < -0.39 is 0 Å². The summed E-state index contributed by atoms with van der Waals surface area (Å²) < 4.78 is 0. The van der Waals surface area contributed by atoms with E-state index in [4.69, 9.17) is 0 Å². The van der Waals surface area contributed by atoms with E-state index >= 15 is 0 Å². The van der Waals surface area contributed by atoms with Crippen molar-refractivity contribution in [1.82, 2.24) is 0 Å². The molecule has 0 fully saturated rings. The molecule has 0 aliphatic carbocycles. The van der Waals surface area contributed by atoms with Crippen LogP contribution in [0.4, 0.5) is 0 Å². The van der Waals surface area contributed by atoms with Gasteiger partial charge in [0.05, 0.1) is 0 Å². The SMILES string of the molecule is C=C=CCCC(=C)CC. The van der Waals surface area contributed by atoms with Gasteiger partial charge in [-0.1, -0.05) is 25.7 Å². The normalized spacial score (nSPS) is 8.11. The van der Waals surface area contributed by atoms with Gasteiger partial charge in [0.25, 0.3) is 0 Å². The van der Waals surface area contributed by atoms with Gasteiger partial charge < -0.3 is 0 Å². The maximum absolute atomic E-state index is 3.88. The third-order valence-electron chi connectivity index (χ3n) is 1.29. The van der Waals surface area contributed by atoms with Crippen LogP contribution in [0.25, 0.3) is 0 Å². The molecule has 0 heterocycles. The predicted molar refractivity (Wildman–Crippen MR) is 42.4 cm³/mol. The summed E-state index contributed by atoms with van der Waals surface area (Å²) >= 11 is 0. The first-order valence-corrected chi connectivity index (χ1v) is 3.32. The van der Waals surface area contributed by atoms with E-state index in [1.807, 2.05) is 6.08 Å². The quantitative estimate of drug-likeness (QED) is 0.397. The van der Waals surface area contributed by atoms with Gasteiger partial charge >= 0.3 is 0 Å². The molecule has 50 valence electrons. The smallest absolute Gasteiger partial charge is 0.0237 e. The highest BCUT2D eigenvalue weighted by atomic mass is 13.9. The molecule has 0 unspecified atom stereocenters. The Hall–Kier alpha value is -0.740. The second kappa shape index (κ2) is 5.40. The van der Waals surface area contributed by atoms with Gasteiger partial charge in [-0.25, -0.2) is 0 Å². The van der Waals surface area contributed by atoms with Crippen molar-refractivity contribution in [2.75, 3.05) is 0 Å². The Kier molecular flexibility index (Phi) is 4.95. The van der Waals surface area contributed by atoms with Crippen molar-refractivity contribution in [1.29, 1.82) is 0 Å². The molecule has 0 rings (SSSR count). The third-order valence-corrected chi connectivity index (χ3v) is 1.29. The molecule has 0 radical (unpaired) electrons. The van der Waals surface area contributed by atoms with Crippen LogP contribution in [0.3, 0.4) is 0 Å². The fraction of sp³-hybridized carbons (Fsp3) is 0.444. The maximum atomic E-state index is 3.88. The van der Waals surface area contributed by atoms with Crippen molar-refractivity contribution in [3.8, 4) is 0 Å². The molecule has 0 heteroatoms. The lowest BCUT2D eigenvalue weighted by atomic mass is 10.1. The lowest BCUT2D eigenvalue weighted by Crippen LogP contribution is -1.75. The zero-order valence-corrected chi connectivity index (χ0v) is 6.11. The van der Waals surface area contributed by atoms with Crippen LogP contribution in [0.1, 0.15) is 26.2 Å². The monoisotopic (exact) mass is 122 g/mol. The van der Waals surface area contributed by atoms with Gasteiger partial charge in [-0.3, -0.25) is 0 Å². The van der Waals surface area contributed by atoms with E-state index in [0.29, 0.717) is 0 Å². The molecule has 0 amide bonds. The Balaban J connectivity index is 3.27. The van der Waals surface area contributed by atoms with E-state index in [9.17, 15) is 0 Å². The van der Waals surface area contributed by atoms with Crippen LogP contribution in [0.15, 0.2) is 30.5 Å². The molecule has 0 saturated heterocycles. The molecular formula is C9H14. The van der Waals surface area contributed by atoms with Crippen molar-refractivity contribution in [2.45, 2.75) is 26.2 Å². The minimum absolute atomic E-state index is 1.04. The van der Waals surface area contributed by atoms with Gasteiger partial charge in [-0.2, -0.15) is 0 Å². The maximum Gasteiger partial charge on any atom is -0.0237 e. The second-order valence-corrected chi connectivity index (χ2v) is 2.05. The van der Waals surface area contributed by atoms with E-state index in [0.717, 1.165) is 19.3 Å². The molecular weight excluding hydrogens is 108 g/mol. The molecule has 0 N–H and O–H groups in total. The molecule has 0 spiro atoms. The zero-order valence-electron chi connectivity index (χ0n) is 6.11. The first kappa shape index (κ1) is 8.26. The Morgan fingerprint density at radius 1 is 1.67 bits per heavy atom. The molecule has 9 heavy (non-hydrogen) atoms. The fourth-order valence-corrected chi connectivity index (χ4v) is 0.555. The van der Waals surface area contributed by atoms with Gasteiger partial charge in [-0.15, -0.1) is 5.73 Å². The summed E-state index contributed by atoms with van der Waals surface area (Å²) in [7, 11) is 0. The highest BCUT2D eigenvalue weighted by molar-refractivity contribution is 4.94. The van der Waals surface area contributed by atoms with Crippen molar-refractivity contribution in [3.63, 3.8) is 0 Å². The molecule has 0 aliphatic heterocycles. The summed E-state index contributed by atoms with van der Waals surface area (Å²) in [5.74, 6) is 0. The summed E-state index contributed by atoms with van der Waals surface area (Å²) in [5.41, 5.74) is 4.04. The van der Waals surface area contributed by atoms with Crippen LogP contribution in [0.5, 0.6) is 0 Å². The van der Waals surface area contributed by atoms with Crippen LogP contribution in [-0.2, 0) is 0 Å². The standard InChI is InChI=1S/C9H14/c1-4-6-7-8-9(3)5-2/h6H,1,3,5,7-8H2,2H3. The first-order valence-electron chi connectivity index (χ1n) is 3.32. The summed E-state index contributed by atoms with van der Waals surface area (Å²) in [4.78, 5) is 0. The van der Waals surface area contributed by atoms with E-state index in [-0.39, 0.29) is 0 Å². The van der Waals surface area contributed by atoms with Gasteiger partial charge in [0.15, 0.2) is 0 Å². The number of hydrogen-bond acceptors (Lipinski definition) is 0. The van der Waals surface area contributed by atoms with Crippen LogP contribution >= 0.6 is 0 Å². The average molecular weight is 122 g/mol. The largest absolute Gasteiger partial charge is 0.133 e. The van der Waals surface area contributed by atoms with E-state index in [1.165, 1.54) is 5.57 Å². The topological polar surface area (TPSA) is 0 Å². The minimum Gasteiger partial charge on any atom is -0.133 e. The highest BCUT2D eigenvalue weighted by Gasteiger charge is 1.85. The molecule has 0 atom stereocenters. The summed E-state index contributed by atoms with van der Waals surface area (Å²) in [6.45, 7) is 9.47. The van der Waals surface area contributed by atoms with Gasteiger partial charge in [-0.05, 0) is 25.3 Å². The highest BCUT2D eigenvalue weighted by Crippen LogP contribution is 2.05. The molecule has 0 aromatic carbocycles. The number of hydrogen-bond donors (Lipinski definition) is 0. The van der Waals surface area contributed by atoms with Gasteiger partial charge in [0.1, 0.15) is 0 Å². The number of rotatable bonds is 4. The third kappa shape index (κ3) is 5.13. The predicted octanol–water partition coefficient (Wildman–Crippen LogP) is 3.07. The molecule has 0 saturated carbocycles. The molecule has 0 aromatic rings. The van der Waals surface area contributed by atoms with Crippen LogP contribution in [0, 0.1) is 0 Å². The van der Waals surface area contributed by atoms with E-state index in [1.54, 1.807) is 0 Å². The lowest BCUT2D eigenvalue weighted by Gasteiger charge is -1.95. The second-order valence-electron chi connectivity index (χ2n) is 2.05. The summed E-state index contributed by atoms with van der Waals surface area (Å²) in [6, 6.07) is 0. The molecule has 0 nitrogen and oxygen atoms in total. The van der Waals surface area contributed by atoms with Crippen molar-refractivity contribution in [3.05, 3.63) is 30.5 Å². The van der Waals surface area contributed by atoms with Crippen molar-refractivity contribution in [2.24, 2.45) is 0 Å². The average Bonchev–Trinajstić information content (AvgIpc) is 1.89. The van der Waals surface area contributed by atoms with Gasteiger partial charge in [0.2, 0.25) is 0 Å². The Morgan fingerprint density at radius 3 is 2.78 bits per heavy atom. The van der Waals surface area contributed by atoms with Crippen LogP contribution in [0.2, 0.25) is 0 Å². The Labute approximate surface area is 57.6 Å². The number of allylic oxidation sites excluding steroid dienone is 2. The zero-order chi connectivity index (χ0) is 7.11. The molecule has 0 aromatic heterocycles. The minimum atomic E-state index is 1.04. The van der Waals surface area contributed by atoms with Gasteiger partial charge in [0, 0.05) is 0 Å². The molecule has 0 bridgehead atoms.